The van der Waals surface area contributed by atoms with Crippen LogP contribution >= 0.6 is 22.7 Å². The molecule has 5 rings (SSSR count). The summed E-state index contributed by atoms with van der Waals surface area (Å²) in [6.45, 7) is 0.604. The number of hydrogen-bond donors (Lipinski definition) is 0. The molecule has 1 aliphatic heterocycles. The highest BCUT2D eigenvalue weighted by atomic mass is 32.1. The summed E-state index contributed by atoms with van der Waals surface area (Å²) in [7, 11) is 0. The van der Waals surface area contributed by atoms with Gasteiger partial charge in [0, 0.05) is 35.5 Å². The second kappa shape index (κ2) is 7.65. The van der Waals surface area contributed by atoms with E-state index in [1.54, 1.807) is 34.7 Å². The molecule has 4 aromatic rings. The van der Waals surface area contributed by atoms with Crippen molar-refractivity contribution >= 4 is 50.0 Å². The minimum Gasteiger partial charge on any atom is -0.454 e. The van der Waals surface area contributed by atoms with Crippen molar-refractivity contribution in [3.8, 4) is 11.5 Å². The molecule has 1 aliphatic rings. The molecule has 144 valence electrons. The fourth-order valence-electron chi connectivity index (χ4n) is 2.96. The number of rotatable bonds is 5. The lowest BCUT2D eigenvalue weighted by Gasteiger charge is -2.18. The number of benzene rings is 1. The van der Waals surface area contributed by atoms with Crippen molar-refractivity contribution in [1.29, 1.82) is 0 Å². The highest BCUT2D eigenvalue weighted by Gasteiger charge is 2.21. The molecule has 1 aromatic carbocycles. The number of pyridine rings is 1. The number of carbonyl (C=O) groups is 1. The Hall–Kier alpha value is -3.23. The fraction of sp³-hybridized carbons (Fsp3) is 0.0952. The maximum absolute atomic E-state index is 13.1. The maximum Gasteiger partial charge on any atom is 0.253 e. The van der Waals surface area contributed by atoms with Crippen molar-refractivity contribution < 1.29 is 14.3 Å². The van der Waals surface area contributed by atoms with Crippen molar-refractivity contribution in [2.45, 2.75) is 6.54 Å². The Balaban J connectivity index is 1.50. The molecule has 0 N–H and O–H groups in total. The summed E-state index contributed by atoms with van der Waals surface area (Å²) in [5.41, 5.74) is 1.71. The molecule has 0 saturated heterocycles. The highest BCUT2D eigenvalue weighted by molar-refractivity contribution is 7.22. The van der Waals surface area contributed by atoms with Gasteiger partial charge in [0.05, 0.1) is 16.8 Å². The Morgan fingerprint density at radius 3 is 2.90 bits per heavy atom. The number of anilines is 1. The van der Waals surface area contributed by atoms with Gasteiger partial charge in [-0.25, -0.2) is 4.98 Å². The minimum atomic E-state index is -0.138. The maximum atomic E-state index is 13.1. The first-order chi connectivity index (χ1) is 14.3. The predicted octanol–water partition coefficient (Wildman–Crippen LogP) is 4.73. The van der Waals surface area contributed by atoms with E-state index in [1.807, 2.05) is 47.9 Å². The summed E-state index contributed by atoms with van der Waals surface area (Å²) in [5, 5.41) is 2.60. The minimum absolute atomic E-state index is 0.138. The highest BCUT2D eigenvalue weighted by Crippen LogP contribution is 2.40. The number of amides is 1. The number of ether oxygens (including phenoxy) is 2. The summed E-state index contributed by atoms with van der Waals surface area (Å²) in [6, 6.07) is 11.5. The Labute approximate surface area is 174 Å². The van der Waals surface area contributed by atoms with Crippen LogP contribution in [-0.2, 0) is 11.3 Å². The summed E-state index contributed by atoms with van der Waals surface area (Å²) in [4.78, 5) is 24.6. The molecule has 3 aromatic heterocycles. The molecular weight excluding hydrogens is 406 g/mol. The van der Waals surface area contributed by atoms with E-state index >= 15 is 0 Å². The first-order valence-corrected chi connectivity index (χ1v) is 10.6. The van der Waals surface area contributed by atoms with Gasteiger partial charge >= 0.3 is 0 Å². The van der Waals surface area contributed by atoms with Crippen LogP contribution in [-0.4, -0.2) is 22.7 Å². The van der Waals surface area contributed by atoms with Gasteiger partial charge in [-0.3, -0.25) is 14.7 Å². The number of hydrogen-bond acceptors (Lipinski definition) is 7. The number of nitrogens with zero attached hydrogens (tertiary/aromatic N) is 3. The lowest BCUT2D eigenvalue weighted by atomic mass is 10.2. The SMILES string of the molecule is O=C(C=Cc1cccs1)N(Cc1cccnc1)c1nc2cc3c(cc2s1)OCO3. The zero-order chi connectivity index (χ0) is 19.6. The van der Waals surface area contributed by atoms with Crippen LogP contribution in [0, 0.1) is 0 Å². The van der Waals surface area contributed by atoms with Crippen molar-refractivity contribution in [1.82, 2.24) is 9.97 Å². The molecule has 8 heteroatoms. The van der Waals surface area contributed by atoms with Gasteiger partial charge in [-0.1, -0.05) is 23.5 Å². The standard InChI is InChI=1S/C21H15N3O3S2/c25-20(6-5-15-4-2-8-28-15)24(12-14-3-1-7-22-11-14)21-23-16-9-17-18(27-13-26-17)10-19(16)29-21/h1-11H,12-13H2. The van der Waals surface area contributed by atoms with Crippen LogP contribution < -0.4 is 14.4 Å². The van der Waals surface area contributed by atoms with E-state index in [1.165, 1.54) is 11.3 Å². The molecule has 0 bridgehead atoms. The number of fused-ring (bicyclic) bond motifs is 2. The quantitative estimate of drug-likeness (QED) is 0.436. The Kier molecular flexibility index (Phi) is 4.71. The monoisotopic (exact) mass is 421 g/mol. The number of thiophene rings is 1. The predicted molar refractivity (Wildman–Crippen MR) is 115 cm³/mol. The fourth-order valence-corrected chi connectivity index (χ4v) is 4.56. The van der Waals surface area contributed by atoms with Gasteiger partial charge in [-0.05, 0) is 29.2 Å². The van der Waals surface area contributed by atoms with E-state index in [2.05, 4.69) is 9.97 Å². The van der Waals surface area contributed by atoms with Crippen LogP contribution in [0.5, 0.6) is 11.5 Å². The molecule has 29 heavy (non-hydrogen) atoms. The molecule has 0 aliphatic carbocycles. The topological polar surface area (TPSA) is 64.6 Å². The van der Waals surface area contributed by atoms with E-state index in [0.29, 0.717) is 23.2 Å². The smallest absolute Gasteiger partial charge is 0.253 e. The van der Waals surface area contributed by atoms with Gasteiger partial charge < -0.3 is 9.47 Å². The normalized spacial score (nSPS) is 12.7. The molecule has 0 fully saturated rings. The van der Waals surface area contributed by atoms with Crippen molar-refractivity contribution in [3.05, 3.63) is 70.7 Å². The number of carbonyl (C=O) groups excluding carboxylic acids is 1. The van der Waals surface area contributed by atoms with Gasteiger partial charge in [-0.15, -0.1) is 11.3 Å². The largest absolute Gasteiger partial charge is 0.454 e. The van der Waals surface area contributed by atoms with Crippen LogP contribution in [0.1, 0.15) is 10.4 Å². The molecule has 1 amide bonds. The molecular formula is C21H15N3O3S2. The van der Waals surface area contributed by atoms with Crippen LogP contribution in [0.15, 0.2) is 60.2 Å². The zero-order valence-electron chi connectivity index (χ0n) is 15.1. The number of aromatic nitrogens is 2. The summed E-state index contributed by atoms with van der Waals surface area (Å²) < 4.78 is 11.8. The summed E-state index contributed by atoms with van der Waals surface area (Å²) >= 11 is 3.03. The van der Waals surface area contributed by atoms with E-state index < -0.39 is 0 Å². The van der Waals surface area contributed by atoms with Crippen LogP contribution in [0.4, 0.5) is 5.13 Å². The summed E-state index contributed by atoms with van der Waals surface area (Å²) in [6.07, 6.45) is 6.88. The second-order valence-electron chi connectivity index (χ2n) is 6.30. The molecule has 0 unspecified atom stereocenters. The van der Waals surface area contributed by atoms with E-state index in [9.17, 15) is 4.79 Å². The molecule has 0 atom stereocenters. The molecule has 0 spiro atoms. The average molecular weight is 422 g/mol. The molecule has 6 nitrogen and oxygen atoms in total. The lowest BCUT2D eigenvalue weighted by Crippen LogP contribution is -2.28. The van der Waals surface area contributed by atoms with E-state index in [4.69, 9.17) is 9.47 Å². The Morgan fingerprint density at radius 1 is 1.21 bits per heavy atom. The third-order valence-corrected chi connectivity index (χ3v) is 6.24. The lowest BCUT2D eigenvalue weighted by molar-refractivity contribution is -0.114. The molecule has 4 heterocycles. The third-order valence-electron chi connectivity index (χ3n) is 4.37. The van der Waals surface area contributed by atoms with E-state index in [0.717, 1.165) is 20.7 Å². The number of thiazole rings is 1. The second-order valence-corrected chi connectivity index (χ2v) is 8.29. The summed E-state index contributed by atoms with van der Waals surface area (Å²) in [5.74, 6) is 1.24. The first kappa shape index (κ1) is 17.8. The zero-order valence-corrected chi connectivity index (χ0v) is 16.8. The van der Waals surface area contributed by atoms with Gasteiger partial charge in [0.1, 0.15) is 0 Å². The Bertz CT molecular complexity index is 1150. The van der Waals surface area contributed by atoms with E-state index in [-0.39, 0.29) is 12.7 Å². The van der Waals surface area contributed by atoms with Crippen LogP contribution in [0.25, 0.3) is 16.3 Å². The molecule has 0 saturated carbocycles. The van der Waals surface area contributed by atoms with Crippen molar-refractivity contribution in [3.63, 3.8) is 0 Å². The van der Waals surface area contributed by atoms with Crippen LogP contribution in [0.3, 0.4) is 0 Å². The van der Waals surface area contributed by atoms with Crippen molar-refractivity contribution in [2.24, 2.45) is 0 Å². The van der Waals surface area contributed by atoms with Gasteiger partial charge in [-0.2, -0.15) is 0 Å². The van der Waals surface area contributed by atoms with Gasteiger partial charge in [0.2, 0.25) is 6.79 Å². The van der Waals surface area contributed by atoms with Crippen molar-refractivity contribution in [2.75, 3.05) is 11.7 Å². The average Bonchev–Trinajstić information content (AvgIpc) is 3.49. The van der Waals surface area contributed by atoms with Gasteiger partial charge in [0.15, 0.2) is 16.6 Å². The van der Waals surface area contributed by atoms with Gasteiger partial charge in [0.25, 0.3) is 5.91 Å². The van der Waals surface area contributed by atoms with Crippen LogP contribution in [0.2, 0.25) is 0 Å². The molecule has 0 radical (unpaired) electrons. The third kappa shape index (κ3) is 3.72. The first-order valence-electron chi connectivity index (χ1n) is 8.88. The Morgan fingerprint density at radius 2 is 2.10 bits per heavy atom.